The lowest BCUT2D eigenvalue weighted by Crippen LogP contribution is -2.27. The Hall–Kier alpha value is -2.80. The topological polar surface area (TPSA) is 59.5 Å². The summed E-state index contributed by atoms with van der Waals surface area (Å²) in [5.74, 6) is 2.61. The maximum Gasteiger partial charge on any atom is 0.144 e. The number of fused-ring (bicyclic) bond motifs is 1. The Morgan fingerprint density at radius 1 is 1.14 bits per heavy atom. The van der Waals surface area contributed by atoms with E-state index in [0.29, 0.717) is 0 Å². The molecular formula is C21H24N4O2S. The van der Waals surface area contributed by atoms with Gasteiger partial charge in [-0.05, 0) is 55.2 Å². The van der Waals surface area contributed by atoms with E-state index in [1.165, 1.54) is 22.8 Å². The van der Waals surface area contributed by atoms with Crippen LogP contribution in [0.15, 0.2) is 36.4 Å². The van der Waals surface area contributed by atoms with Gasteiger partial charge in [0.2, 0.25) is 0 Å². The fraction of sp³-hybridized carbons (Fsp3) is 0.333. The summed E-state index contributed by atoms with van der Waals surface area (Å²) in [6.07, 6.45) is 1.02. The van der Waals surface area contributed by atoms with Gasteiger partial charge in [0.25, 0.3) is 0 Å². The molecule has 0 unspecified atom stereocenters. The van der Waals surface area contributed by atoms with Crippen LogP contribution in [-0.4, -0.2) is 43.2 Å². The Kier molecular flexibility index (Phi) is 5.34. The van der Waals surface area contributed by atoms with Crippen LogP contribution in [-0.2, 0) is 6.42 Å². The van der Waals surface area contributed by atoms with Gasteiger partial charge in [0.15, 0.2) is 0 Å². The first-order valence-corrected chi connectivity index (χ1v) is 10.1. The Morgan fingerprint density at radius 2 is 2.00 bits per heavy atom. The smallest absolute Gasteiger partial charge is 0.144 e. The summed E-state index contributed by atoms with van der Waals surface area (Å²) < 4.78 is 15.3. The van der Waals surface area contributed by atoms with Crippen LogP contribution in [0.3, 0.4) is 0 Å². The van der Waals surface area contributed by atoms with E-state index in [9.17, 15) is 0 Å². The quantitative estimate of drug-likeness (QED) is 0.651. The first kappa shape index (κ1) is 18.6. The maximum atomic E-state index is 5.53. The second kappa shape index (κ2) is 8.06. The molecule has 146 valence electrons. The lowest BCUT2D eigenvalue weighted by Gasteiger charge is -2.21. The predicted octanol–water partition coefficient (Wildman–Crippen LogP) is 4.01. The highest BCUT2D eigenvalue weighted by atomic mass is 32.1. The van der Waals surface area contributed by atoms with E-state index in [0.717, 1.165) is 59.6 Å². The van der Waals surface area contributed by atoms with Crippen molar-refractivity contribution in [3.63, 3.8) is 0 Å². The third-order valence-corrected chi connectivity index (χ3v) is 5.83. The summed E-state index contributed by atoms with van der Waals surface area (Å²) in [5, 5.41) is 4.45. The van der Waals surface area contributed by atoms with Gasteiger partial charge in [-0.1, -0.05) is 6.07 Å². The summed E-state index contributed by atoms with van der Waals surface area (Å²) in [5.41, 5.74) is 4.59. The number of aromatic nitrogens is 2. The number of nitrogens with zero attached hydrogens (tertiary/aromatic N) is 3. The first-order valence-electron chi connectivity index (χ1n) is 9.33. The third kappa shape index (κ3) is 3.62. The molecule has 0 saturated heterocycles. The second-order valence-electron chi connectivity index (χ2n) is 6.68. The molecule has 0 atom stereocenters. The molecule has 2 aromatic carbocycles. The summed E-state index contributed by atoms with van der Waals surface area (Å²) in [6, 6.07) is 12.3. The van der Waals surface area contributed by atoms with Gasteiger partial charge in [0.05, 0.1) is 19.9 Å². The molecule has 0 bridgehead atoms. The van der Waals surface area contributed by atoms with Crippen LogP contribution in [0.2, 0.25) is 0 Å². The Labute approximate surface area is 169 Å². The fourth-order valence-corrected chi connectivity index (χ4v) is 4.28. The zero-order chi connectivity index (χ0) is 19.5. The number of benzene rings is 2. The number of methoxy groups -OCH3 is 2. The first-order chi connectivity index (χ1) is 13.7. The molecule has 1 aromatic heterocycles. The summed E-state index contributed by atoms with van der Waals surface area (Å²) in [7, 11) is 3.43. The average molecular weight is 397 g/mol. The normalized spacial score (nSPS) is 12.8. The molecule has 2 heterocycles. The van der Waals surface area contributed by atoms with Gasteiger partial charge in [0.1, 0.15) is 22.3 Å². The number of anilines is 2. The standard InChI is InChI=1S/C21H24N4O2S/c1-14-23-21(28-24-14)15-7-8-20(27-3)17(13-15)22-10-12-25-11-9-16-18(25)5-4-6-19(16)26-2/h4-8,13,22H,9-12H2,1-3H3. The van der Waals surface area contributed by atoms with Crippen LogP contribution >= 0.6 is 11.5 Å². The van der Waals surface area contributed by atoms with Gasteiger partial charge in [-0.25, -0.2) is 4.98 Å². The van der Waals surface area contributed by atoms with E-state index in [1.54, 1.807) is 14.2 Å². The Bertz CT molecular complexity index is 973. The molecular weight excluding hydrogens is 372 g/mol. The predicted molar refractivity (Wildman–Crippen MR) is 114 cm³/mol. The minimum Gasteiger partial charge on any atom is -0.496 e. The largest absolute Gasteiger partial charge is 0.496 e. The molecule has 1 N–H and O–H groups in total. The van der Waals surface area contributed by atoms with E-state index >= 15 is 0 Å². The molecule has 7 heteroatoms. The van der Waals surface area contributed by atoms with Gasteiger partial charge < -0.3 is 19.7 Å². The van der Waals surface area contributed by atoms with E-state index in [4.69, 9.17) is 9.47 Å². The average Bonchev–Trinajstić information content (AvgIpc) is 3.34. The minimum atomic E-state index is 0.799. The van der Waals surface area contributed by atoms with Gasteiger partial charge in [-0.15, -0.1) is 0 Å². The van der Waals surface area contributed by atoms with Crippen molar-refractivity contribution in [3.05, 3.63) is 47.8 Å². The lowest BCUT2D eigenvalue weighted by atomic mass is 10.1. The molecule has 28 heavy (non-hydrogen) atoms. The molecule has 0 radical (unpaired) electrons. The maximum absolute atomic E-state index is 5.53. The van der Waals surface area contributed by atoms with Crippen molar-refractivity contribution in [2.75, 3.05) is 44.1 Å². The van der Waals surface area contributed by atoms with Crippen molar-refractivity contribution in [1.82, 2.24) is 9.36 Å². The number of nitrogens with one attached hydrogen (secondary N) is 1. The second-order valence-corrected chi connectivity index (χ2v) is 7.44. The zero-order valence-electron chi connectivity index (χ0n) is 16.4. The van der Waals surface area contributed by atoms with Crippen molar-refractivity contribution in [1.29, 1.82) is 0 Å². The number of ether oxygens (including phenoxy) is 2. The van der Waals surface area contributed by atoms with Crippen LogP contribution in [0.25, 0.3) is 10.6 Å². The van der Waals surface area contributed by atoms with Gasteiger partial charge in [-0.2, -0.15) is 4.37 Å². The fourth-order valence-electron chi connectivity index (χ4n) is 3.61. The van der Waals surface area contributed by atoms with Gasteiger partial charge >= 0.3 is 0 Å². The number of hydrogen-bond acceptors (Lipinski definition) is 7. The van der Waals surface area contributed by atoms with E-state index in [2.05, 4.69) is 37.8 Å². The molecule has 4 rings (SSSR count). The minimum absolute atomic E-state index is 0.799. The molecule has 0 saturated carbocycles. The molecule has 0 fully saturated rings. The monoisotopic (exact) mass is 396 g/mol. The van der Waals surface area contributed by atoms with Crippen LogP contribution in [0, 0.1) is 6.92 Å². The molecule has 6 nitrogen and oxygen atoms in total. The number of hydrogen-bond donors (Lipinski definition) is 1. The molecule has 0 spiro atoms. The van der Waals surface area contributed by atoms with Crippen LogP contribution in [0.1, 0.15) is 11.4 Å². The highest BCUT2D eigenvalue weighted by Crippen LogP contribution is 2.35. The molecule has 0 amide bonds. The van der Waals surface area contributed by atoms with E-state index in [-0.39, 0.29) is 0 Å². The van der Waals surface area contributed by atoms with Crippen molar-refractivity contribution >= 4 is 22.9 Å². The van der Waals surface area contributed by atoms with Crippen molar-refractivity contribution in [2.45, 2.75) is 13.3 Å². The number of rotatable bonds is 7. The molecule has 1 aliphatic heterocycles. The summed E-state index contributed by atoms with van der Waals surface area (Å²) in [6.45, 7) is 4.64. The summed E-state index contributed by atoms with van der Waals surface area (Å²) >= 11 is 1.41. The number of aryl methyl sites for hydroxylation is 1. The van der Waals surface area contributed by atoms with Gasteiger partial charge in [-0.3, -0.25) is 0 Å². The van der Waals surface area contributed by atoms with Crippen LogP contribution in [0.4, 0.5) is 11.4 Å². The SMILES string of the molecule is COc1ccc(-c2nc(C)ns2)cc1NCCN1CCc2c(OC)cccc21. The highest BCUT2D eigenvalue weighted by molar-refractivity contribution is 7.09. The van der Waals surface area contributed by atoms with Crippen molar-refractivity contribution in [3.8, 4) is 22.1 Å². The van der Waals surface area contributed by atoms with Gasteiger partial charge in [0, 0.05) is 36.4 Å². The third-order valence-electron chi connectivity index (χ3n) is 4.97. The molecule has 0 aliphatic carbocycles. The lowest BCUT2D eigenvalue weighted by molar-refractivity contribution is 0.411. The zero-order valence-corrected chi connectivity index (χ0v) is 17.2. The highest BCUT2D eigenvalue weighted by Gasteiger charge is 2.21. The van der Waals surface area contributed by atoms with Crippen LogP contribution < -0.4 is 19.7 Å². The Balaban J connectivity index is 1.46. The molecule has 3 aromatic rings. The van der Waals surface area contributed by atoms with Crippen molar-refractivity contribution in [2.24, 2.45) is 0 Å². The van der Waals surface area contributed by atoms with Crippen LogP contribution in [0.5, 0.6) is 11.5 Å². The van der Waals surface area contributed by atoms with E-state index in [1.807, 2.05) is 25.1 Å². The molecule has 1 aliphatic rings. The summed E-state index contributed by atoms with van der Waals surface area (Å²) in [4.78, 5) is 6.88. The Morgan fingerprint density at radius 3 is 2.75 bits per heavy atom. The van der Waals surface area contributed by atoms with Crippen molar-refractivity contribution < 1.29 is 9.47 Å². The van der Waals surface area contributed by atoms with E-state index < -0.39 is 0 Å².